The standard InChI is InChI=1S/C14H21NS/c1-3-5-8-13(15-4-2)9-6-10-14-11-7-12-16-14/h7,11-13,15H,4,6,8-10H2,1-2H3. The maximum Gasteiger partial charge on any atom is 0.0243 e. The van der Waals surface area contributed by atoms with Gasteiger partial charge in [0.1, 0.15) is 0 Å². The Hall–Kier alpha value is -0.780. The third-order valence-electron chi connectivity index (χ3n) is 2.57. The monoisotopic (exact) mass is 235 g/mol. The molecule has 2 heteroatoms. The summed E-state index contributed by atoms with van der Waals surface area (Å²) in [6, 6.07) is 4.92. The van der Waals surface area contributed by atoms with E-state index in [-0.39, 0.29) is 0 Å². The summed E-state index contributed by atoms with van der Waals surface area (Å²) in [5.41, 5.74) is 0. The van der Waals surface area contributed by atoms with Crippen LogP contribution in [0.25, 0.3) is 0 Å². The molecule has 0 aliphatic carbocycles. The number of hydrogen-bond acceptors (Lipinski definition) is 2. The molecular formula is C14H21NS. The highest BCUT2D eigenvalue weighted by Crippen LogP contribution is 2.13. The summed E-state index contributed by atoms with van der Waals surface area (Å²) < 4.78 is 0. The fourth-order valence-corrected chi connectivity index (χ4v) is 2.52. The van der Waals surface area contributed by atoms with E-state index in [1.54, 1.807) is 0 Å². The number of rotatable bonds is 7. The van der Waals surface area contributed by atoms with E-state index in [1.165, 1.54) is 24.1 Å². The van der Waals surface area contributed by atoms with Gasteiger partial charge in [-0.2, -0.15) is 0 Å². The van der Waals surface area contributed by atoms with Crippen LogP contribution in [0.4, 0.5) is 0 Å². The molecule has 1 aromatic heterocycles. The van der Waals surface area contributed by atoms with E-state index in [4.69, 9.17) is 0 Å². The maximum absolute atomic E-state index is 3.50. The van der Waals surface area contributed by atoms with Crippen LogP contribution < -0.4 is 5.32 Å². The van der Waals surface area contributed by atoms with Crippen LogP contribution in [0.15, 0.2) is 17.5 Å². The molecule has 1 unspecified atom stereocenters. The first kappa shape index (κ1) is 13.3. The van der Waals surface area contributed by atoms with E-state index in [0.29, 0.717) is 6.04 Å². The Balaban J connectivity index is 2.22. The lowest BCUT2D eigenvalue weighted by Gasteiger charge is -2.14. The molecule has 0 radical (unpaired) electrons. The highest BCUT2D eigenvalue weighted by molar-refractivity contribution is 7.09. The van der Waals surface area contributed by atoms with E-state index >= 15 is 0 Å². The van der Waals surface area contributed by atoms with E-state index in [2.05, 4.69) is 41.6 Å². The molecule has 0 amide bonds. The van der Waals surface area contributed by atoms with Gasteiger partial charge in [0.2, 0.25) is 0 Å². The Kier molecular flexibility index (Phi) is 6.96. The van der Waals surface area contributed by atoms with Crippen LogP contribution in [0.5, 0.6) is 0 Å². The number of thiophene rings is 1. The van der Waals surface area contributed by atoms with Crippen molar-refractivity contribution in [2.24, 2.45) is 0 Å². The fourth-order valence-electron chi connectivity index (χ4n) is 1.77. The van der Waals surface area contributed by atoms with Crippen molar-refractivity contribution in [1.29, 1.82) is 0 Å². The number of aryl methyl sites for hydroxylation is 1. The van der Waals surface area contributed by atoms with Crippen molar-refractivity contribution in [3.05, 3.63) is 22.4 Å². The van der Waals surface area contributed by atoms with Gasteiger partial charge in [-0.15, -0.1) is 23.2 Å². The molecule has 1 N–H and O–H groups in total. The summed E-state index contributed by atoms with van der Waals surface area (Å²) in [6.07, 6.45) is 4.66. The fraction of sp³-hybridized carbons (Fsp3) is 0.571. The lowest BCUT2D eigenvalue weighted by Crippen LogP contribution is -2.28. The Bertz CT molecular complexity index is 318. The molecule has 0 spiro atoms. The van der Waals surface area contributed by atoms with Crippen molar-refractivity contribution in [3.8, 4) is 11.8 Å². The van der Waals surface area contributed by atoms with Gasteiger partial charge in [0, 0.05) is 17.3 Å². The van der Waals surface area contributed by atoms with Crippen LogP contribution in [0.1, 0.15) is 38.0 Å². The minimum atomic E-state index is 0.567. The van der Waals surface area contributed by atoms with Gasteiger partial charge in [0.15, 0.2) is 0 Å². The lowest BCUT2D eigenvalue weighted by molar-refractivity contribution is 0.488. The zero-order chi connectivity index (χ0) is 11.6. The predicted octanol–water partition coefficient (Wildman–Crippen LogP) is 3.46. The zero-order valence-electron chi connectivity index (χ0n) is 10.3. The Morgan fingerprint density at radius 3 is 3.00 bits per heavy atom. The summed E-state index contributed by atoms with van der Waals surface area (Å²) in [5, 5.41) is 5.65. The Morgan fingerprint density at radius 1 is 1.50 bits per heavy atom. The molecule has 0 aliphatic rings. The minimum absolute atomic E-state index is 0.567. The Morgan fingerprint density at radius 2 is 2.38 bits per heavy atom. The molecule has 0 saturated carbocycles. The van der Waals surface area contributed by atoms with Crippen LogP contribution in [-0.2, 0) is 6.42 Å². The van der Waals surface area contributed by atoms with Crippen molar-refractivity contribution in [2.75, 3.05) is 6.54 Å². The molecule has 0 saturated heterocycles. The van der Waals surface area contributed by atoms with Gasteiger partial charge in [0.25, 0.3) is 0 Å². The van der Waals surface area contributed by atoms with Gasteiger partial charge in [-0.1, -0.05) is 13.0 Å². The maximum atomic E-state index is 3.50. The molecule has 1 rings (SSSR count). The van der Waals surface area contributed by atoms with Gasteiger partial charge in [-0.05, 0) is 44.2 Å². The summed E-state index contributed by atoms with van der Waals surface area (Å²) in [5.74, 6) is 6.14. The first-order valence-corrected chi connectivity index (χ1v) is 6.90. The van der Waals surface area contributed by atoms with E-state index in [1.807, 2.05) is 18.3 Å². The lowest BCUT2D eigenvalue weighted by atomic mass is 10.1. The summed E-state index contributed by atoms with van der Waals surface area (Å²) in [6.45, 7) is 5.11. The van der Waals surface area contributed by atoms with Crippen LogP contribution in [0.2, 0.25) is 0 Å². The molecule has 0 bridgehead atoms. The normalized spacial score (nSPS) is 11.9. The van der Waals surface area contributed by atoms with Crippen LogP contribution in [0.3, 0.4) is 0 Å². The minimum Gasteiger partial charge on any atom is -0.313 e. The first-order valence-electron chi connectivity index (χ1n) is 6.02. The second kappa shape index (κ2) is 8.38. The first-order chi connectivity index (χ1) is 7.86. The smallest absolute Gasteiger partial charge is 0.0243 e. The van der Waals surface area contributed by atoms with Gasteiger partial charge in [0.05, 0.1) is 0 Å². The van der Waals surface area contributed by atoms with Crippen molar-refractivity contribution in [2.45, 2.75) is 45.6 Å². The van der Waals surface area contributed by atoms with Crippen molar-refractivity contribution < 1.29 is 0 Å². The van der Waals surface area contributed by atoms with Crippen LogP contribution in [0, 0.1) is 11.8 Å². The average Bonchev–Trinajstić information content (AvgIpc) is 2.79. The highest BCUT2D eigenvalue weighted by atomic mass is 32.1. The molecular weight excluding hydrogens is 214 g/mol. The average molecular weight is 235 g/mol. The third-order valence-corrected chi connectivity index (χ3v) is 3.51. The van der Waals surface area contributed by atoms with E-state index in [0.717, 1.165) is 13.0 Å². The summed E-state index contributed by atoms with van der Waals surface area (Å²) in [7, 11) is 0. The predicted molar refractivity (Wildman–Crippen MR) is 72.8 cm³/mol. The van der Waals surface area contributed by atoms with Gasteiger partial charge < -0.3 is 5.32 Å². The van der Waals surface area contributed by atoms with Gasteiger partial charge in [-0.3, -0.25) is 0 Å². The SMILES string of the molecule is CC#CCC(CCCc1cccs1)NCC. The van der Waals surface area contributed by atoms with Crippen LogP contribution >= 0.6 is 11.3 Å². The third kappa shape index (κ3) is 5.34. The van der Waals surface area contributed by atoms with Crippen molar-refractivity contribution in [3.63, 3.8) is 0 Å². The number of hydrogen-bond donors (Lipinski definition) is 1. The number of nitrogens with one attached hydrogen (secondary N) is 1. The topological polar surface area (TPSA) is 12.0 Å². The van der Waals surface area contributed by atoms with Gasteiger partial charge in [-0.25, -0.2) is 0 Å². The zero-order valence-corrected chi connectivity index (χ0v) is 11.1. The quantitative estimate of drug-likeness (QED) is 0.714. The second-order valence-corrected chi connectivity index (χ2v) is 4.89. The highest BCUT2D eigenvalue weighted by Gasteiger charge is 2.05. The summed E-state index contributed by atoms with van der Waals surface area (Å²) in [4.78, 5) is 1.50. The van der Waals surface area contributed by atoms with Crippen LogP contribution in [-0.4, -0.2) is 12.6 Å². The molecule has 16 heavy (non-hydrogen) atoms. The van der Waals surface area contributed by atoms with E-state index < -0.39 is 0 Å². The molecule has 0 aliphatic heterocycles. The molecule has 0 fully saturated rings. The van der Waals surface area contributed by atoms with Crippen molar-refractivity contribution >= 4 is 11.3 Å². The molecule has 1 nitrogen and oxygen atoms in total. The summed E-state index contributed by atoms with van der Waals surface area (Å²) >= 11 is 1.86. The molecule has 1 aromatic rings. The molecule has 1 atom stereocenters. The molecule has 88 valence electrons. The van der Waals surface area contributed by atoms with Gasteiger partial charge >= 0.3 is 0 Å². The second-order valence-electron chi connectivity index (χ2n) is 3.86. The molecule has 0 aromatic carbocycles. The van der Waals surface area contributed by atoms with Crippen molar-refractivity contribution in [1.82, 2.24) is 5.32 Å². The largest absolute Gasteiger partial charge is 0.313 e. The Labute approximate surface area is 103 Å². The van der Waals surface area contributed by atoms with E-state index in [9.17, 15) is 0 Å². The molecule has 1 heterocycles.